The zero-order valence-corrected chi connectivity index (χ0v) is 23.4. The van der Waals surface area contributed by atoms with Crippen LogP contribution in [0.15, 0.2) is 55.5 Å². The summed E-state index contributed by atoms with van der Waals surface area (Å²) in [5.74, 6) is 1.31. The Hall–Kier alpha value is -5.20. The number of nitrogens with zero attached hydrogens (tertiary/aromatic N) is 8. The van der Waals surface area contributed by atoms with Gasteiger partial charge in [-0.1, -0.05) is 18.7 Å². The van der Waals surface area contributed by atoms with E-state index in [0.29, 0.717) is 57.8 Å². The summed E-state index contributed by atoms with van der Waals surface area (Å²) in [7, 11) is 1.81. The Morgan fingerprint density at radius 1 is 1.17 bits per heavy atom. The van der Waals surface area contributed by atoms with Gasteiger partial charge in [0.05, 0.1) is 17.4 Å². The number of nitrogens with one attached hydrogen (secondary N) is 2. The van der Waals surface area contributed by atoms with Crippen LogP contribution < -0.4 is 20.3 Å². The van der Waals surface area contributed by atoms with Crippen molar-refractivity contribution in [3.63, 3.8) is 0 Å². The number of rotatable bonds is 7. The molecule has 2 aromatic carbocycles. The number of benzene rings is 2. The largest absolute Gasteiger partial charge is 0.457 e. The second-order valence-electron chi connectivity index (χ2n) is 10.4. The topological polar surface area (TPSA) is 136 Å². The van der Waals surface area contributed by atoms with Crippen LogP contribution in [0.3, 0.4) is 0 Å². The maximum absolute atomic E-state index is 15.6. The number of halogens is 1. The van der Waals surface area contributed by atoms with E-state index < -0.39 is 5.82 Å². The molecule has 5 aromatic rings. The molecule has 0 spiro atoms. The number of aryl methyl sites for hydroxylation is 1. The SMILES string of the molecule is C=CC(=O)N[C@H]1C[C@H](C)CN(c2ncc3ncnc(Nc4ccc(Oc5ccc6c(c5)nnn6C)c(C)c4F)c3n2)C1. The number of ether oxygens (including phenoxy) is 1. The lowest BCUT2D eigenvalue weighted by atomic mass is 9.96. The molecule has 1 fully saturated rings. The van der Waals surface area contributed by atoms with Crippen molar-refractivity contribution in [1.82, 2.24) is 40.2 Å². The van der Waals surface area contributed by atoms with E-state index in [1.165, 1.54) is 12.4 Å². The third-order valence-electron chi connectivity index (χ3n) is 7.24. The van der Waals surface area contributed by atoms with Crippen molar-refractivity contribution in [2.45, 2.75) is 26.3 Å². The highest BCUT2D eigenvalue weighted by atomic mass is 19.1. The monoisotopic (exact) mass is 568 g/mol. The Morgan fingerprint density at radius 2 is 2.02 bits per heavy atom. The van der Waals surface area contributed by atoms with Gasteiger partial charge in [-0.3, -0.25) is 4.79 Å². The first-order chi connectivity index (χ1) is 20.3. The number of carbonyl (C=O) groups excluding carboxylic acids is 1. The van der Waals surface area contributed by atoms with Crippen molar-refractivity contribution in [3.8, 4) is 11.5 Å². The van der Waals surface area contributed by atoms with Gasteiger partial charge in [-0.25, -0.2) is 29.0 Å². The van der Waals surface area contributed by atoms with Crippen LogP contribution in [0, 0.1) is 18.7 Å². The van der Waals surface area contributed by atoms with Crippen molar-refractivity contribution >= 4 is 45.4 Å². The first-order valence-corrected chi connectivity index (χ1v) is 13.5. The number of anilines is 3. The Morgan fingerprint density at radius 3 is 2.86 bits per heavy atom. The van der Waals surface area contributed by atoms with E-state index in [2.05, 4.69) is 49.4 Å². The minimum Gasteiger partial charge on any atom is -0.457 e. The van der Waals surface area contributed by atoms with Crippen molar-refractivity contribution in [2.75, 3.05) is 23.3 Å². The first-order valence-electron chi connectivity index (χ1n) is 13.5. The zero-order chi connectivity index (χ0) is 29.4. The van der Waals surface area contributed by atoms with Crippen LogP contribution in [0.5, 0.6) is 11.5 Å². The normalized spacial score (nSPS) is 16.9. The Balaban J connectivity index is 1.25. The number of aromatic nitrogens is 7. The lowest BCUT2D eigenvalue weighted by Crippen LogP contribution is -2.50. The molecule has 1 saturated heterocycles. The van der Waals surface area contributed by atoms with E-state index in [-0.39, 0.29) is 17.6 Å². The third kappa shape index (κ3) is 5.28. The average Bonchev–Trinajstić information content (AvgIpc) is 3.36. The van der Waals surface area contributed by atoms with Crippen LogP contribution in [-0.4, -0.2) is 60.0 Å². The molecule has 42 heavy (non-hydrogen) atoms. The minimum absolute atomic E-state index is 0.0662. The highest BCUT2D eigenvalue weighted by Gasteiger charge is 2.27. The van der Waals surface area contributed by atoms with Crippen LogP contribution in [0.25, 0.3) is 22.1 Å². The molecule has 1 aliphatic rings. The zero-order valence-electron chi connectivity index (χ0n) is 23.4. The van der Waals surface area contributed by atoms with E-state index in [0.717, 1.165) is 18.5 Å². The van der Waals surface area contributed by atoms with E-state index in [1.807, 2.05) is 18.0 Å². The molecule has 0 saturated carbocycles. The number of hydrogen-bond acceptors (Lipinski definition) is 10. The lowest BCUT2D eigenvalue weighted by Gasteiger charge is -2.36. The van der Waals surface area contributed by atoms with Gasteiger partial charge in [0.15, 0.2) is 11.6 Å². The molecule has 12 nitrogen and oxygen atoms in total. The molecule has 214 valence electrons. The van der Waals surface area contributed by atoms with Crippen molar-refractivity contribution < 1.29 is 13.9 Å². The molecule has 4 heterocycles. The standard InChI is InChI=1S/C29H29FN10O2/c1-5-25(41)34-18-10-16(2)13-40(14-18)29-31-12-22-27(36-29)28(33-15-32-22)35-20-7-9-24(17(3)26(20)30)42-19-6-8-23-21(11-19)37-38-39(23)4/h5-9,11-12,15-16,18H,1,10,13-14H2,2-4H3,(H,34,41)(H,32,33,35)/t16-,18-/m0/s1. The van der Waals surface area contributed by atoms with Crippen LogP contribution in [-0.2, 0) is 11.8 Å². The van der Waals surface area contributed by atoms with Gasteiger partial charge < -0.3 is 20.3 Å². The van der Waals surface area contributed by atoms with Gasteiger partial charge in [0.25, 0.3) is 0 Å². The third-order valence-corrected chi connectivity index (χ3v) is 7.24. The van der Waals surface area contributed by atoms with Gasteiger partial charge in [0, 0.05) is 37.8 Å². The van der Waals surface area contributed by atoms with Gasteiger partial charge >= 0.3 is 0 Å². The molecule has 0 aliphatic carbocycles. The minimum atomic E-state index is -0.486. The number of hydrogen-bond donors (Lipinski definition) is 2. The summed E-state index contributed by atoms with van der Waals surface area (Å²) in [6, 6.07) is 8.62. The number of piperidine rings is 1. The molecule has 2 atom stereocenters. The number of fused-ring (bicyclic) bond motifs is 2. The molecular weight excluding hydrogens is 539 g/mol. The van der Waals surface area contributed by atoms with Crippen molar-refractivity contribution in [3.05, 3.63) is 66.9 Å². The summed E-state index contributed by atoms with van der Waals surface area (Å²) in [4.78, 5) is 31.8. The van der Waals surface area contributed by atoms with E-state index in [1.54, 1.807) is 42.1 Å². The maximum Gasteiger partial charge on any atom is 0.243 e. The van der Waals surface area contributed by atoms with Gasteiger partial charge in [-0.05, 0) is 49.6 Å². The second kappa shape index (κ2) is 11.0. The fraction of sp³-hybridized carbons (Fsp3) is 0.276. The first kappa shape index (κ1) is 27.0. The van der Waals surface area contributed by atoms with Crippen LogP contribution in [0.2, 0.25) is 0 Å². The van der Waals surface area contributed by atoms with Crippen molar-refractivity contribution in [2.24, 2.45) is 13.0 Å². The highest BCUT2D eigenvalue weighted by molar-refractivity contribution is 5.88. The summed E-state index contributed by atoms with van der Waals surface area (Å²) in [5.41, 5.74) is 3.03. The lowest BCUT2D eigenvalue weighted by molar-refractivity contribution is -0.117. The average molecular weight is 569 g/mol. The highest BCUT2D eigenvalue weighted by Crippen LogP contribution is 2.33. The molecule has 0 bridgehead atoms. The maximum atomic E-state index is 15.6. The van der Waals surface area contributed by atoms with Crippen LogP contribution >= 0.6 is 0 Å². The fourth-order valence-corrected chi connectivity index (χ4v) is 5.18. The van der Waals surface area contributed by atoms with Gasteiger partial charge in [-0.15, -0.1) is 5.10 Å². The summed E-state index contributed by atoms with van der Waals surface area (Å²) < 4.78 is 23.3. The van der Waals surface area contributed by atoms with Gasteiger partial charge in [0.1, 0.15) is 34.4 Å². The molecule has 0 unspecified atom stereocenters. The fourth-order valence-electron chi connectivity index (χ4n) is 5.18. The second-order valence-corrected chi connectivity index (χ2v) is 10.4. The van der Waals surface area contributed by atoms with Gasteiger partial charge in [0.2, 0.25) is 11.9 Å². The summed E-state index contributed by atoms with van der Waals surface area (Å²) in [5, 5.41) is 14.2. The molecule has 13 heteroatoms. The predicted octanol–water partition coefficient (Wildman–Crippen LogP) is 4.20. The Labute approximate surface area is 240 Å². The molecule has 1 aliphatic heterocycles. The quantitative estimate of drug-likeness (QED) is 0.275. The Kier molecular flexibility index (Phi) is 7.07. The molecular formula is C29H29FN10O2. The molecule has 1 amide bonds. The van der Waals surface area contributed by atoms with Crippen LogP contribution in [0.4, 0.5) is 21.8 Å². The van der Waals surface area contributed by atoms with Crippen LogP contribution in [0.1, 0.15) is 18.9 Å². The summed E-state index contributed by atoms with van der Waals surface area (Å²) in [6.07, 6.45) is 5.10. The summed E-state index contributed by atoms with van der Waals surface area (Å²) in [6.45, 7) is 8.57. The molecule has 0 radical (unpaired) electrons. The summed E-state index contributed by atoms with van der Waals surface area (Å²) >= 11 is 0. The smallest absolute Gasteiger partial charge is 0.243 e. The number of amides is 1. The molecule has 3 aromatic heterocycles. The van der Waals surface area contributed by atoms with Gasteiger partial charge in [-0.2, -0.15) is 0 Å². The molecule has 6 rings (SSSR count). The van der Waals surface area contributed by atoms with E-state index in [4.69, 9.17) is 9.72 Å². The Bertz CT molecular complexity index is 1820. The number of carbonyl (C=O) groups is 1. The molecule has 2 N–H and O–H groups in total. The van der Waals surface area contributed by atoms with E-state index >= 15 is 4.39 Å². The van der Waals surface area contributed by atoms with E-state index in [9.17, 15) is 4.79 Å². The predicted molar refractivity (Wildman–Crippen MR) is 156 cm³/mol. The van der Waals surface area contributed by atoms with Crippen molar-refractivity contribution in [1.29, 1.82) is 0 Å².